The molecular formula is C33H21Cu2N7NaO13S3-. The molecule has 59 heavy (non-hydrogen) atoms. The third-order valence-electron chi connectivity index (χ3n) is 8.18. The van der Waals surface area contributed by atoms with Crippen molar-refractivity contribution in [3.8, 4) is 28.4 Å². The van der Waals surface area contributed by atoms with Crippen molar-refractivity contribution in [1.29, 1.82) is 5.41 Å². The summed E-state index contributed by atoms with van der Waals surface area (Å²) in [7, 11) is -13.9. The van der Waals surface area contributed by atoms with Crippen molar-refractivity contribution in [2.75, 3.05) is 12.1 Å². The number of rotatable bonds is 8. The predicted octanol–water partition coefficient (Wildman–Crippen LogP) is -2.49. The van der Waals surface area contributed by atoms with Crippen molar-refractivity contribution in [3.63, 3.8) is 0 Å². The van der Waals surface area contributed by atoms with E-state index in [1.165, 1.54) is 56.4 Å². The standard InChI is InChI=1S/C33H27N7O13S3.2Cu.Na/c1-16-31(33(44)40(37-16)19-5-7-20(8-6-19)54(45,46)47)38-39(2)24-12-4-18(14-26(24)42)17-3-10-22(25(41)13-17)35-36-23-11-9-21-27(55(48,49)50)15-28(56(51,52)53)30(34)29(21)32(23)43;;;/h3-15H,1-2H3,(H8,34,35,36,37,38,41,42,43,44,45,46,47,48,49,50,51,52,53);;;/q;2*+2;+1/p-6. The number of benzene rings is 4. The molecule has 0 amide bonds. The quantitative estimate of drug-likeness (QED) is 0.0461. The van der Waals surface area contributed by atoms with Crippen LogP contribution in [0.15, 0.2) is 104 Å². The summed E-state index contributed by atoms with van der Waals surface area (Å²) >= 11 is 0. The third-order valence-corrected chi connectivity index (χ3v) is 10.8. The van der Waals surface area contributed by atoms with E-state index in [1.807, 2.05) is 0 Å². The van der Waals surface area contributed by atoms with Crippen molar-refractivity contribution in [1.82, 2.24) is 0 Å². The molecule has 1 aliphatic carbocycles. The van der Waals surface area contributed by atoms with Crippen LogP contribution in [-0.2, 0) is 64.5 Å². The summed E-state index contributed by atoms with van der Waals surface area (Å²) in [6.07, 6.45) is 0.272. The van der Waals surface area contributed by atoms with E-state index in [0.717, 1.165) is 40.0 Å². The second-order valence-electron chi connectivity index (χ2n) is 11.8. The maximum absolute atomic E-state index is 13.2. The molecule has 0 saturated carbocycles. The minimum absolute atomic E-state index is 0. The SMILES string of the molecule is CC1=N[N+](c2ccc(S(=O)(=O)[O-])cc2)=C([O-])/C1=N\N(C)c1ccc(-c2ccc(N=Nc3ccc4c(c3[O-])C(=N)C(=S(=O)([O-])O)C=C4S(=O)(=O)[O-])c([O-])c2)cc1[O-].[Cu+2].[Cu+2].[Na+]. The molecule has 2 radical (unpaired) electrons. The second kappa shape index (κ2) is 18.1. The average Bonchev–Trinajstić information content (AvgIpc) is 3.38. The Morgan fingerprint density at radius 2 is 1.34 bits per heavy atom. The summed E-state index contributed by atoms with van der Waals surface area (Å²) in [6, 6.07) is 14.2. The predicted molar refractivity (Wildman–Crippen MR) is 190 cm³/mol. The zero-order valence-corrected chi connectivity index (χ0v) is 36.2. The molecule has 4 aromatic carbocycles. The normalized spacial score (nSPS) is 15.7. The number of fused-ring (bicyclic) bond motifs is 1. The Kier molecular flexibility index (Phi) is 15.1. The van der Waals surface area contributed by atoms with E-state index in [0.29, 0.717) is 5.56 Å². The van der Waals surface area contributed by atoms with E-state index in [1.54, 1.807) is 0 Å². The van der Waals surface area contributed by atoms with Gasteiger partial charge in [0.2, 0.25) is 11.6 Å². The Bertz CT molecular complexity index is 2920. The van der Waals surface area contributed by atoms with Gasteiger partial charge < -0.3 is 38.6 Å². The van der Waals surface area contributed by atoms with Crippen LogP contribution in [0.25, 0.3) is 16.0 Å². The second-order valence-corrected chi connectivity index (χ2v) is 15.9. The molecule has 0 saturated heterocycles. The van der Waals surface area contributed by atoms with Crippen LogP contribution in [0.2, 0.25) is 0 Å². The molecule has 20 nitrogen and oxygen atoms in total. The van der Waals surface area contributed by atoms with Crippen LogP contribution >= 0.6 is 0 Å². The number of nitrogens with zero attached hydrogens (tertiary/aromatic N) is 6. The molecule has 0 spiro atoms. The van der Waals surface area contributed by atoms with E-state index in [2.05, 4.69) is 20.4 Å². The molecule has 308 valence electrons. The molecule has 0 fully saturated rings. The summed E-state index contributed by atoms with van der Waals surface area (Å²) < 4.78 is 103. The van der Waals surface area contributed by atoms with Crippen LogP contribution in [0.1, 0.15) is 18.1 Å². The molecule has 4 aromatic rings. The number of hydrogen-bond donors (Lipinski definition) is 2. The summed E-state index contributed by atoms with van der Waals surface area (Å²) in [5.74, 6) is -3.20. The molecule has 2 N–H and O–H groups in total. The van der Waals surface area contributed by atoms with E-state index in [-0.39, 0.29) is 104 Å². The minimum atomic E-state index is -5.39. The average molecular weight is 970 g/mol. The molecular weight excluding hydrogens is 949 g/mol. The van der Waals surface area contributed by atoms with E-state index < -0.39 is 90.7 Å². The fourth-order valence-corrected chi connectivity index (χ4v) is 7.37. The van der Waals surface area contributed by atoms with Crippen LogP contribution < -0.4 is 55.0 Å². The van der Waals surface area contributed by atoms with Gasteiger partial charge >= 0.3 is 63.7 Å². The van der Waals surface area contributed by atoms with Gasteiger partial charge in [-0.2, -0.15) is 15.3 Å². The maximum Gasteiger partial charge on any atom is 2.00 e. The minimum Gasteiger partial charge on any atom is -0.871 e. The number of azo groups is 1. The molecule has 26 heteroatoms. The summed E-state index contributed by atoms with van der Waals surface area (Å²) in [5, 5.41) is 77.5. The largest absolute Gasteiger partial charge is 2.00 e. The van der Waals surface area contributed by atoms with Gasteiger partial charge in [-0.05, 0) is 54.5 Å². The Morgan fingerprint density at radius 1 is 0.780 bits per heavy atom. The third kappa shape index (κ3) is 10.0. The van der Waals surface area contributed by atoms with Crippen molar-refractivity contribution in [2.45, 2.75) is 11.8 Å². The Morgan fingerprint density at radius 3 is 1.88 bits per heavy atom. The van der Waals surface area contributed by atoms with Crippen LogP contribution in [0, 0.1) is 5.41 Å². The number of hydrazone groups is 2. The fraction of sp³-hybridized carbons (Fsp3) is 0.0606. The zero-order chi connectivity index (χ0) is 41.1. The van der Waals surface area contributed by atoms with Gasteiger partial charge in [0.1, 0.15) is 25.9 Å². The first kappa shape index (κ1) is 49.1. The van der Waals surface area contributed by atoms with Gasteiger partial charge in [0, 0.05) is 45.5 Å². The number of anilines is 1. The molecule has 0 aromatic heterocycles. The van der Waals surface area contributed by atoms with Gasteiger partial charge in [-0.3, -0.25) is 14.6 Å². The molecule has 1 unspecified atom stereocenters. The van der Waals surface area contributed by atoms with E-state index >= 15 is 0 Å². The maximum atomic E-state index is 13.2. The van der Waals surface area contributed by atoms with Crippen LogP contribution in [0.5, 0.6) is 17.2 Å². The Balaban J connectivity index is 0.00000310. The van der Waals surface area contributed by atoms with Gasteiger partial charge in [0.15, 0.2) is 5.71 Å². The van der Waals surface area contributed by atoms with Gasteiger partial charge in [0.05, 0.1) is 37.4 Å². The topological polar surface area (TPSA) is 347 Å². The molecule has 1 atom stereocenters. The van der Waals surface area contributed by atoms with Crippen LogP contribution in [0.4, 0.5) is 22.7 Å². The number of nitrogens with one attached hydrogen (secondary N) is 1. The first-order chi connectivity index (χ1) is 26.1. The number of allylic oxidation sites excluding steroid dienone is 1. The van der Waals surface area contributed by atoms with Crippen LogP contribution in [0.3, 0.4) is 0 Å². The van der Waals surface area contributed by atoms with Crippen molar-refractivity contribution < 1.29 is 128 Å². The first-order valence-electron chi connectivity index (χ1n) is 15.3. The van der Waals surface area contributed by atoms with Gasteiger partial charge in [-0.15, -0.1) is 0 Å². The van der Waals surface area contributed by atoms with Crippen molar-refractivity contribution in [3.05, 3.63) is 90.0 Å². The Hall–Kier alpha value is -4.30. The van der Waals surface area contributed by atoms with Crippen molar-refractivity contribution in [2.24, 2.45) is 20.4 Å². The Labute approximate surface area is 379 Å². The first-order valence-corrected chi connectivity index (χ1v) is 19.6. The molecule has 1 heterocycles. The van der Waals surface area contributed by atoms with Crippen molar-refractivity contribution >= 4 is 85.9 Å². The summed E-state index contributed by atoms with van der Waals surface area (Å²) in [5.41, 5.74) is -2.63. The van der Waals surface area contributed by atoms with Crippen LogP contribution in [-0.4, -0.2) is 78.9 Å². The molecule has 6 rings (SSSR count). The van der Waals surface area contributed by atoms with Gasteiger partial charge in [0.25, 0.3) is 0 Å². The van der Waals surface area contributed by atoms with Gasteiger partial charge in [-0.25, -0.2) is 16.8 Å². The van der Waals surface area contributed by atoms with E-state index in [4.69, 9.17) is 5.41 Å². The molecule has 2 aliphatic rings. The summed E-state index contributed by atoms with van der Waals surface area (Å²) in [6.45, 7) is 1.49. The molecule has 0 bridgehead atoms. The zero-order valence-electron chi connectivity index (χ0n) is 29.9. The smallest absolute Gasteiger partial charge is 0.871 e. The van der Waals surface area contributed by atoms with Gasteiger partial charge in [-0.1, -0.05) is 52.3 Å². The summed E-state index contributed by atoms with van der Waals surface area (Å²) in [4.78, 5) is -2.97. The fourth-order valence-electron chi connectivity index (χ4n) is 5.50. The monoisotopic (exact) mass is 968 g/mol. The molecule has 1 aliphatic heterocycles. The van der Waals surface area contributed by atoms with E-state index in [9.17, 15) is 59.7 Å². The number of hydrogen-bond acceptors (Lipinski definition) is 18.